The Labute approximate surface area is 189 Å². The van der Waals surface area contributed by atoms with E-state index >= 15 is 0 Å². The molecule has 1 saturated heterocycles. The number of halogens is 1. The number of anilines is 2. The molecule has 1 aromatic heterocycles. The maximum atomic E-state index is 12.6. The number of amides is 2. The minimum Gasteiger partial charge on any atom is -0.494 e. The van der Waals surface area contributed by atoms with E-state index in [2.05, 4.69) is 15.5 Å². The van der Waals surface area contributed by atoms with Crippen LogP contribution in [0.3, 0.4) is 0 Å². The summed E-state index contributed by atoms with van der Waals surface area (Å²) >= 11 is 7.50. The molecule has 1 atom stereocenters. The molecule has 0 spiro atoms. The van der Waals surface area contributed by atoms with Crippen molar-refractivity contribution in [2.45, 2.75) is 26.2 Å². The highest BCUT2D eigenvalue weighted by Gasteiger charge is 2.34. The van der Waals surface area contributed by atoms with E-state index in [0.29, 0.717) is 41.0 Å². The number of rotatable bonds is 6. The molecule has 3 aromatic rings. The molecule has 0 bridgehead atoms. The lowest BCUT2D eigenvalue weighted by molar-refractivity contribution is -0.117. The molecule has 0 unspecified atom stereocenters. The topological polar surface area (TPSA) is 84.4 Å². The van der Waals surface area contributed by atoms with Gasteiger partial charge in [-0.2, -0.15) is 0 Å². The van der Waals surface area contributed by atoms with Gasteiger partial charge in [-0.15, -0.1) is 10.2 Å². The van der Waals surface area contributed by atoms with E-state index in [1.54, 1.807) is 35.2 Å². The van der Waals surface area contributed by atoms with E-state index in [1.165, 1.54) is 11.3 Å². The molecular formula is C22H21ClN4O3S. The second kappa shape index (κ2) is 9.03. The zero-order valence-electron chi connectivity index (χ0n) is 17.1. The number of hydrogen-bond donors (Lipinski definition) is 1. The standard InChI is InChI=1S/C22H21ClN4O3S/c1-3-30-17-8-5-14(6-9-17)20(29)24-22-26-25-21(31-22)15-10-19(28)27(12-15)16-7-4-13(2)18(23)11-16/h4-9,11,15H,3,10,12H2,1-2H3,(H,24,26,29)/t15-/m0/s1. The third-order valence-corrected chi connectivity index (χ3v) is 6.44. The molecule has 1 N–H and O–H groups in total. The van der Waals surface area contributed by atoms with Crippen molar-refractivity contribution in [3.8, 4) is 5.75 Å². The molecule has 0 saturated carbocycles. The fourth-order valence-electron chi connectivity index (χ4n) is 3.36. The van der Waals surface area contributed by atoms with Crippen LogP contribution in [0.5, 0.6) is 5.75 Å². The molecule has 0 radical (unpaired) electrons. The van der Waals surface area contributed by atoms with Gasteiger partial charge in [0.25, 0.3) is 5.91 Å². The Bertz CT molecular complexity index is 1120. The Hall–Kier alpha value is -2.97. The first-order valence-corrected chi connectivity index (χ1v) is 11.1. The molecule has 0 aliphatic carbocycles. The molecule has 31 heavy (non-hydrogen) atoms. The van der Waals surface area contributed by atoms with Crippen molar-refractivity contribution in [1.29, 1.82) is 0 Å². The second-order valence-electron chi connectivity index (χ2n) is 7.20. The number of aryl methyl sites for hydroxylation is 1. The molecule has 9 heteroatoms. The van der Waals surface area contributed by atoms with Gasteiger partial charge in [0.15, 0.2) is 0 Å². The molecule has 2 amide bonds. The van der Waals surface area contributed by atoms with E-state index < -0.39 is 0 Å². The van der Waals surface area contributed by atoms with Crippen molar-refractivity contribution < 1.29 is 14.3 Å². The van der Waals surface area contributed by atoms with E-state index in [1.807, 2.05) is 26.0 Å². The van der Waals surface area contributed by atoms with Crippen molar-refractivity contribution in [2.75, 3.05) is 23.4 Å². The fourth-order valence-corrected chi connectivity index (χ4v) is 4.37. The summed E-state index contributed by atoms with van der Waals surface area (Å²) in [5, 5.41) is 12.8. The number of benzene rings is 2. The zero-order chi connectivity index (χ0) is 22.0. The van der Waals surface area contributed by atoms with Crippen LogP contribution in [0.25, 0.3) is 0 Å². The molecule has 1 aliphatic rings. The maximum absolute atomic E-state index is 12.6. The number of nitrogens with one attached hydrogen (secondary N) is 1. The monoisotopic (exact) mass is 456 g/mol. The highest BCUT2D eigenvalue weighted by Crippen LogP contribution is 2.35. The normalized spacial score (nSPS) is 15.9. The summed E-state index contributed by atoms with van der Waals surface area (Å²) in [4.78, 5) is 26.7. The van der Waals surface area contributed by atoms with Crippen molar-refractivity contribution in [3.05, 3.63) is 63.6 Å². The van der Waals surface area contributed by atoms with Gasteiger partial charge in [0.1, 0.15) is 10.8 Å². The lowest BCUT2D eigenvalue weighted by Crippen LogP contribution is -2.24. The molecule has 1 fully saturated rings. The molecule has 2 aromatic carbocycles. The number of nitrogens with zero attached hydrogens (tertiary/aromatic N) is 3. The van der Waals surface area contributed by atoms with E-state index in [0.717, 1.165) is 16.3 Å². The molecule has 4 rings (SSSR count). The van der Waals surface area contributed by atoms with Crippen LogP contribution in [0.15, 0.2) is 42.5 Å². The van der Waals surface area contributed by atoms with Gasteiger partial charge in [-0.05, 0) is 55.8 Å². The SMILES string of the molecule is CCOc1ccc(C(=O)Nc2nnc([C@H]3CC(=O)N(c4ccc(C)c(Cl)c4)C3)s2)cc1. The largest absolute Gasteiger partial charge is 0.494 e. The van der Waals surface area contributed by atoms with Gasteiger partial charge in [-0.25, -0.2) is 0 Å². The number of carbonyl (C=O) groups excluding carboxylic acids is 2. The highest BCUT2D eigenvalue weighted by molar-refractivity contribution is 7.15. The summed E-state index contributed by atoms with van der Waals surface area (Å²) in [7, 11) is 0. The smallest absolute Gasteiger partial charge is 0.257 e. The molecule has 7 nitrogen and oxygen atoms in total. The third-order valence-electron chi connectivity index (χ3n) is 5.03. The van der Waals surface area contributed by atoms with Crippen LogP contribution in [0, 0.1) is 6.92 Å². The van der Waals surface area contributed by atoms with Crippen LogP contribution >= 0.6 is 22.9 Å². The zero-order valence-corrected chi connectivity index (χ0v) is 18.7. The van der Waals surface area contributed by atoms with Gasteiger partial charge in [-0.3, -0.25) is 14.9 Å². The highest BCUT2D eigenvalue weighted by atomic mass is 35.5. The first kappa shape index (κ1) is 21.3. The van der Waals surface area contributed by atoms with Gasteiger partial charge in [0, 0.05) is 35.2 Å². The van der Waals surface area contributed by atoms with Crippen molar-refractivity contribution >= 4 is 45.6 Å². The van der Waals surface area contributed by atoms with Gasteiger partial charge < -0.3 is 9.64 Å². The number of ether oxygens (including phenoxy) is 1. The van der Waals surface area contributed by atoms with Crippen LogP contribution in [-0.4, -0.2) is 35.2 Å². The van der Waals surface area contributed by atoms with Crippen LogP contribution in [0.4, 0.5) is 10.8 Å². The third kappa shape index (κ3) is 4.70. The van der Waals surface area contributed by atoms with Crippen molar-refractivity contribution in [1.82, 2.24) is 10.2 Å². The Kier molecular flexibility index (Phi) is 6.20. The summed E-state index contributed by atoms with van der Waals surface area (Å²) in [6.45, 7) is 4.89. The summed E-state index contributed by atoms with van der Waals surface area (Å²) in [6.07, 6.45) is 0.340. The molecule has 160 valence electrons. The average molecular weight is 457 g/mol. The fraction of sp³-hybridized carbons (Fsp3) is 0.273. The van der Waals surface area contributed by atoms with Crippen molar-refractivity contribution in [2.24, 2.45) is 0 Å². The first-order chi connectivity index (χ1) is 14.9. The summed E-state index contributed by atoms with van der Waals surface area (Å²) in [6, 6.07) is 12.5. The number of hydrogen-bond acceptors (Lipinski definition) is 6. The van der Waals surface area contributed by atoms with E-state index in [9.17, 15) is 9.59 Å². The van der Waals surface area contributed by atoms with E-state index in [4.69, 9.17) is 16.3 Å². The first-order valence-electron chi connectivity index (χ1n) is 9.88. The summed E-state index contributed by atoms with van der Waals surface area (Å²) in [5.74, 6) is 0.369. The quantitative estimate of drug-likeness (QED) is 0.582. The van der Waals surface area contributed by atoms with Gasteiger partial charge in [-0.1, -0.05) is 29.0 Å². The average Bonchev–Trinajstić information content (AvgIpc) is 3.37. The second-order valence-corrected chi connectivity index (χ2v) is 8.61. The van der Waals surface area contributed by atoms with Crippen LogP contribution < -0.4 is 15.0 Å². The molecule has 2 heterocycles. The Morgan fingerprint density at radius 1 is 1.26 bits per heavy atom. The number of carbonyl (C=O) groups is 2. The Morgan fingerprint density at radius 3 is 2.74 bits per heavy atom. The maximum Gasteiger partial charge on any atom is 0.257 e. The lowest BCUT2D eigenvalue weighted by Gasteiger charge is -2.17. The van der Waals surface area contributed by atoms with Crippen LogP contribution in [-0.2, 0) is 4.79 Å². The van der Waals surface area contributed by atoms with Crippen LogP contribution in [0.2, 0.25) is 5.02 Å². The number of aromatic nitrogens is 2. The van der Waals surface area contributed by atoms with Crippen LogP contribution in [0.1, 0.15) is 40.2 Å². The molecular weight excluding hydrogens is 436 g/mol. The van der Waals surface area contributed by atoms with Gasteiger partial charge in [0.2, 0.25) is 11.0 Å². The lowest BCUT2D eigenvalue weighted by atomic mass is 10.1. The predicted octanol–water partition coefficient (Wildman–Crippen LogP) is 4.67. The Balaban J connectivity index is 1.42. The minimum absolute atomic E-state index is 0.0140. The van der Waals surface area contributed by atoms with E-state index in [-0.39, 0.29) is 17.7 Å². The Morgan fingerprint density at radius 2 is 2.03 bits per heavy atom. The predicted molar refractivity (Wildman–Crippen MR) is 121 cm³/mol. The van der Waals surface area contributed by atoms with Crippen molar-refractivity contribution in [3.63, 3.8) is 0 Å². The summed E-state index contributed by atoms with van der Waals surface area (Å²) in [5.41, 5.74) is 2.24. The van der Waals surface area contributed by atoms with Gasteiger partial charge >= 0.3 is 0 Å². The van der Waals surface area contributed by atoms with Gasteiger partial charge in [0.05, 0.1) is 6.61 Å². The molecule has 1 aliphatic heterocycles. The summed E-state index contributed by atoms with van der Waals surface area (Å²) < 4.78 is 5.39. The minimum atomic E-state index is -0.274.